The van der Waals surface area contributed by atoms with Crippen LogP contribution in [0.15, 0.2) is 67.0 Å². The SMILES string of the molecule is Cn1cc(C(=O)Nc2ccc(CC(=O)N3CCN(c4ccccc4)CC3)cc2)cn1. The zero-order valence-electron chi connectivity index (χ0n) is 17.0. The molecule has 1 aliphatic rings. The number of hydrogen-bond acceptors (Lipinski definition) is 4. The Bertz CT molecular complexity index is 1010. The molecule has 3 aromatic rings. The van der Waals surface area contributed by atoms with Crippen molar-refractivity contribution in [3.8, 4) is 0 Å². The summed E-state index contributed by atoms with van der Waals surface area (Å²) in [7, 11) is 1.77. The standard InChI is InChI=1S/C23H25N5O2/c1-26-17-19(16-24-26)23(30)25-20-9-7-18(8-10-20)15-22(29)28-13-11-27(12-14-28)21-5-3-2-4-6-21/h2-10,16-17H,11-15H2,1H3,(H,25,30). The van der Waals surface area contributed by atoms with Crippen LogP contribution in [0.25, 0.3) is 0 Å². The van der Waals surface area contributed by atoms with E-state index in [0.29, 0.717) is 17.7 Å². The van der Waals surface area contributed by atoms with E-state index in [1.165, 1.54) is 11.9 Å². The second-order valence-electron chi connectivity index (χ2n) is 7.43. The summed E-state index contributed by atoms with van der Waals surface area (Å²) < 4.78 is 1.59. The highest BCUT2D eigenvalue weighted by Crippen LogP contribution is 2.17. The minimum atomic E-state index is -0.205. The van der Waals surface area contributed by atoms with Crippen molar-refractivity contribution in [3.63, 3.8) is 0 Å². The first-order valence-electron chi connectivity index (χ1n) is 10.1. The predicted molar refractivity (Wildman–Crippen MR) is 117 cm³/mol. The molecular formula is C23H25N5O2. The summed E-state index contributed by atoms with van der Waals surface area (Å²) >= 11 is 0. The number of carbonyl (C=O) groups excluding carboxylic acids is 2. The summed E-state index contributed by atoms with van der Waals surface area (Å²) in [5.74, 6) is -0.0712. The monoisotopic (exact) mass is 403 g/mol. The molecule has 2 aromatic carbocycles. The molecule has 4 rings (SSSR count). The summed E-state index contributed by atoms with van der Waals surface area (Å²) in [4.78, 5) is 29.1. The molecule has 1 fully saturated rings. The van der Waals surface area contributed by atoms with Gasteiger partial charge in [-0.1, -0.05) is 30.3 Å². The molecule has 1 saturated heterocycles. The van der Waals surface area contributed by atoms with Crippen LogP contribution < -0.4 is 10.2 Å². The van der Waals surface area contributed by atoms with E-state index in [-0.39, 0.29) is 11.8 Å². The van der Waals surface area contributed by atoms with Gasteiger partial charge in [0.1, 0.15) is 0 Å². The van der Waals surface area contributed by atoms with Crippen LogP contribution >= 0.6 is 0 Å². The van der Waals surface area contributed by atoms with Gasteiger partial charge in [-0.25, -0.2) is 0 Å². The van der Waals surface area contributed by atoms with Crippen LogP contribution in [-0.2, 0) is 18.3 Å². The number of amides is 2. The third-order valence-electron chi connectivity index (χ3n) is 5.29. The molecule has 7 heteroatoms. The Labute approximate surface area is 175 Å². The van der Waals surface area contributed by atoms with Gasteiger partial charge in [0.2, 0.25) is 5.91 Å². The number of hydrogen-bond donors (Lipinski definition) is 1. The fourth-order valence-corrected chi connectivity index (χ4v) is 3.59. The van der Waals surface area contributed by atoms with Crippen molar-refractivity contribution in [3.05, 3.63) is 78.1 Å². The van der Waals surface area contributed by atoms with Gasteiger partial charge in [-0.05, 0) is 29.8 Å². The van der Waals surface area contributed by atoms with Gasteiger partial charge in [-0.15, -0.1) is 0 Å². The van der Waals surface area contributed by atoms with Gasteiger partial charge >= 0.3 is 0 Å². The third kappa shape index (κ3) is 4.68. The van der Waals surface area contributed by atoms with Gasteiger partial charge in [-0.2, -0.15) is 5.10 Å². The lowest BCUT2D eigenvalue weighted by Crippen LogP contribution is -2.49. The van der Waals surface area contributed by atoms with Gasteiger partial charge in [0.05, 0.1) is 18.2 Å². The number of aromatic nitrogens is 2. The molecular weight excluding hydrogens is 378 g/mol. The van der Waals surface area contributed by atoms with Crippen LogP contribution in [0, 0.1) is 0 Å². The normalized spacial score (nSPS) is 13.9. The number of benzene rings is 2. The number of rotatable bonds is 5. The van der Waals surface area contributed by atoms with Gasteiger partial charge in [0.15, 0.2) is 0 Å². The summed E-state index contributed by atoms with van der Waals surface area (Å²) in [5.41, 5.74) is 3.33. The fourth-order valence-electron chi connectivity index (χ4n) is 3.59. The van der Waals surface area contributed by atoms with Gasteiger partial charge in [-0.3, -0.25) is 14.3 Å². The van der Waals surface area contributed by atoms with Gasteiger partial charge < -0.3 is 15.1 Å². The number of anilines is 2. The van der Waals surface area contributed by atoms with Crippen LogP contribution in [0.5, 0.6) is 0 Å². The Morgan fingerprint density at radius 1 is 0.967 bits per heavy atom. The lowest BCUT2D eigenvalue weighted by molar-refractivity contribution is -0.130. The zero-order valence-corrected chi connectivity index (χ0v) is 17.0. The van der Waals surface area contributed by atoms with Crippen LogP contribution in [-0.4, -0.2) is 52.7 Å². The van der Waals surface area contributed by atoms with E-state index in [1.54, 1.807) is 17.9 Å². The molecule has 0 spiro atoms. The molecule has 0 bridgehead atoms. The molecule has 1 aromatic heterocycles. The summed E-state index contributed by atoms with van der Waals surface area (Å²) in [5, 5.41) is 6.85. The largest absolute Gasteiger partial charge is 0.368 e. The number of nitrogens with one attached hydrogen (secondary N) is 1. The van der Waals surface area contributed by atoms with Crippen LogP contribution in [0.1, 0.15) is 15.9 Å². The van der Waals surface area contributed by atoms with E-state index in [2.05, 4.69) is 27.4 Å². The second-order valence-corrected chi connectivity index (χ2v) is 7.43. The number of para-hydroxylation sites is 1. The first-order valence-corrected chi connectivity index (χ1v) is 10.1. The molecule has 0 radical (unpaired) electrons. The maximum Gasteiger partial charge on any atom is 0.258 e. The van der Waals surface area contributed by atoms with Gasteiger partial charge in [0, 0.05) is 50.8 Å². The molecule has 0 saturated carbocycles. The maximum absolute atomic E-state index is 12.7. The van der Waals surface area contributed by atoms with Crippen molar-refractivity contribution in [2.24, 2.45) is 7.05 Å². The Hall–Kier alpha value is -3.61. The Morgan fingerprint density at radius 3 is 2.30 bits per heavy atom. The summed E-state index contributed by atoms with van der Waals surface area (Å²) in [6.45, 7) is 3.14. The predicted octanol–water partition coefficient (Wildman–Crippen LogP) is 2.56. The molecule has 0 unspecified atom stereocenters. The molecule has 154 valence electrons. The van der Waals surface area contributed by atoms with E-state index >= 15 is 0 Å². The number of carbonyl (C=O) groups is 2. The molecule has 0 atom stereocenters. The first kappa shape index (κ1) is 19.7. The molecule has 0 aliphatic carbocycles. The molecule has 2 amide bonds. The second kappa shape index (κ2) is 8.82. The lowest BCUT2D eigenvalue weighted by Gasteiger charge is -2.36. The highest BCUT2D eigenvalue weighted by molar-refractivity contribution is 6.03. The van der Waals surface area contributed by atoms with Crippen molar-refractivity contribution in [1.82, 2.24) is 14.7 Å². The van der Waals surface area contributed by atoms with Crippen molar-refractivity contribution in [2.75, 3.05) is 36.4 Å². The molecule has 7 nitrogen and oxygen atoms in total. The van der Waals surface area contributed by atoms with Crippen molar-refractivity contribution in [1.29, 1.82) is 0 Å². The number of aryl methyl sites for hydroxylation is 1. The molecule has 30 heavy (non-hydrogen) atoms. The Kier molecular flexibility index (Phi) is 5.79. The minimum absolute atomic E-state index is 0.134. The zero-order chi connectivity index (χ0) is 20.9. The van der Waals surface area contributed by atoms with Crippen LogP contribution in [0.3, 0.4) is 0 Å². The third-order valence-corrected chi connectivity index (χ3v) is 5.29. The average molecular weight is 403 g/mol. The summed E-state index contributed by atoms with van der Waals surface area (Å²) in [6.07, 6.45) is 3.56. The van der Waals surface area contributed by atoms with E-state index in [0.717, 1.165) is 31.7 Å². The smallest absolute Gasteiger partial charge is 0.258 e. The fraction of sp³-hybridized carbons (Fsp3) is 0.261. The minimum Gasteiger partial charge on any atom is -0.368 e. The van der Waals surface area contributed by atoms with E-state index in [1.807, 2.05) is 47.4 Å². The average Bonchev–Trinajstić information content (AvgIpc) is 3.22. The Balaban J connectivity index is 1.28. The van der Waals surface area contributed by atoms with E-state index in [4.69, 9.17) is 0 Å². The molecule has 2 heterocycles. The first-order chi connectivity index (χ1) is 14.6. The highest BCUT2D eigenvalue weighted by Gasteiger charge is 2.21. The maximum atomic E-state index is 12.7. The molecule has 1 aliphatic heterocycles. The lowest BCUT2D eigenvalue weighted by atomic mass is 10.1. The van der Waals surface area contributed by atoms with E-state index < -0.39 is 0 Å². The van der Waals surface area contributed by atoms with Crippen molar-refractivity contribution >= 4 is 23.2 Å². The van der Waals surface area contributed by atoms with Crippen molar-refractivity contribution < 1.29 is 9.59 Å². The van der Waals surface area contributed by atoms with Crippen LogP contribution in [0.4, 0.5) is 11.4 Å². The summed E-state index contributed by atoms with van der Waals surface area (Å²) in [6, 6.07) is 17.7. The quantitative estimate of drug-likeness (QED) is 0.711. The topological polar surface area (TPSA) is 70.5 Å². The Morgan fingerprint density at radius 2 is 1.67 bits per heavy atom. The number of piperazine rings is 1. The van der Waals surface area contributed by atoms with Gasteiger partial charge in [0.25, 0.3) is 5.91 Å². The van der Waals surface area contributed by atoms with E-state index in [9.17, 15) is 9.59 Å². The van der Waals surface area contributed by atoms with Crippen LogP contribution in [0.2, 0.25) is 0 Å². The van der Waals surface area contributed by atoms with Crippen molar-refractivity contribution in [2.45, 2.75) is 6.42 Å². The number of nitrogens with zero attached hydrogens (tertiary/aromatic N) is 4. The highest BCUT2D eigenvalue weighted by atomic mass is 16.2. The molecule has 1 N–H and O–H groups in total.